The Kier molecular flexibility index (Phi) is 4.39. The molecule has 0 aromatic rings. The second-order valence-corrected chi connectivity index (χ2v) is 5.67. The number of rotatable bonds is 4. The van der Waals surface area contributed by atoms with Crippen LogP contribution in [0, 0.1) is 5.92 Å². The number of nitrogens with one attached hydrogen (secondary N) is 1. The van der Waals surface area contributed by atoms with Gasteiger partial charge in [0.25, 0.3) is 0 Å². The molecule has 1 saturated carbocycles. The predicted octanol–water partition coefficient (Wildman–Crippen LogP) is 2.32. The van der Waals surface area contributed by atoms with Gasteiger partial charge in [0.15, 0.2) is 0 Å². The summed E-state index contributed by atoms with van der Waals surface area (Å²) in [7, 11) is 0. The van der Waals surface area contributed by atoms with Crippen LogP contribution in [0.1, 0.15) is 52.9 Å². The maximum Gasteiger partial charge on any atom is 0.0667 e. The van der Waals surface area contributed by atoms with Crippen molar-refractivity contribution in [1.29, 1.82) is 0 Å². The molecule has 0 aliphatic heterocycles. The van der Waals surface area contributed by atoms with Crippen LogP contribution in [0.5, 0.6) is 0 Å². The molecular formula is C12H25NO. The van der Waals surface area contributed by atoms with Gasteiger partial charge in [0.1, 0.15) is 0 Å². The average Bonchev–Trinajstić information content (AvgIpc) is 2.52. The van der Waals surface area contributed by atoms with Crippen LogP contribution in [0.15, 0.2) is 0 Å². The molecule has 14 heavy (non-hydrogen) atoms. The first kappa shape index (κ1) is 12.0. The Morgan fingerprint density at radius 2 is 1.86 bits per heavy atom. The monoisotopic (exact) mass is 199 g/mol. The molecule has 0 spiro atoms. The summed E-state index contributed by atoms with van der Waals surface area (Å²) in [6.45, 7) is 7.14. The van der Waals surface area contributed by atoms with Crippen molar-refractivity contribution in [1.82, 2.24) is 5.32 Å². The van der Waals surface area contributed by atoms with Crippen molar-refractivity contribution >= 4 is 0 Å². The predicted molar refractivity (Wildman–Crippen MR) is 60.3 cm³/mol. The minimum absolute atomic E-state index is 0.122. The lowest BCUT2D eigenvalue weighted by Crippen LogP contribution is -2.41. The first-order valence-corrected chi connectivity index (χ1v) is 5.90. The Morgan fingerprint density at radius 3 is 2.36 bits per heavy atom. The lowest BCUT2D eigenvalue weighted by molar-refractivity contribution is 0.132. The van der Waals surface area contributed by atoms with E-state index in [1.807, 2.05) is 0 Å². The van der Waals surface area contributed by atoms with Gasteiger partial charge in [0.05, 0.1) is 6.10 Å². The van der Waals surface area contributed by atoms with Crippen LogP contribution in [0.3, 0.4) is 0 Å². The van der Waals surface area contributed by atoms with Crippen LogP contribution >= 0.6 is 0 Å². The number of aliphatic hydroxyl groups is 1. The highest BCUT2D eigenvalue weighted by Gasteiger charge is 2.19. The van der Waals surface area contributed by atoms with E-state index in [4.69, 9.17) is 0 Å². The van der Waals surface area contributed by atoms with Crippen LogP contribution in [-0.4, -0.2) is 23.3 Å². The molecule has 2 nitrogen and oxygen atoms in total. The molecular weight excluding hydrogens is 174 g/mol. The first-order chi connectivity index (χ1) is 6.47. The lowest BCUT2D eigenvalue weighted by Gasteiger charge is -2.24. The second-order valence-electron chi connectivity index (χ2n) is 5.67. The zero-order chi connectivity index (χ0) is 10.6. The van der Waals surface area contributed by atoms with Gasteiger partial charge in [0, 0.05) is 12.1 Å². The van der Waals surface area contributed by atoms with Crippen molar-refractivity contribution < 1.29 is 5.11 Å². The quantitative estimate of drug-likeness (QED) is 0.728. The van der Waals surface area contributed by atoms with Crippen molar-refractivity contribution in [2.45, 2.75) is 64.5 Å². The highest BCUT2D eigenvalue weighted by Crippen LogP contribution is 2.28. The smallest absolute Gasteiger partial charge is 0.0667 e. The molecule has 1 unspecified atom stereocenters. The van der Waals surface area contributed by atoms with Crippen molar-refractivity contribution in [2.24, 2.45) is 5.92 Å². The van der Waals surface area contributed by atoms with Gasteiger partial charge in [0.2, 0.25) is 0 Å². The van der Waals surface area contributed by atoms with E-state index in [0.29, 0.717) is 0 Å². The van der Waals surface area contributed by atoms with Crippen LogP contribution in [0.2, 0.25) is 0 Å². The summed E-state index contributed by atoms with van der Waals surface area (Å²) in [5.74, 6) is 0.784. The summed E-state index contributed by atoms with van der Waals surface area (Å²) < 4.78 is 0. The molecule has 1 aliphatic carbocycles. The van der Waals surface area contributed by atoms with E-state index in [1.165, 1.54) is 25.7 Å². The van der Waals surface area contributed by atoms with Gasteiger partial charge in [-0.2, -0.15) is 0 Å². The molecule has 84 valence electrons. The van der Waals surface area contributed by atoms with Crippen LogP contribution in [-0.2, 0) is 0 Å². The van der Waals surface area contributed by atoms with Gasteiger partial charge in [-0.3, -0.25) is 0 Å². The molecule has 0 amide bonds. The molecule has 0 heterocycles. The SMILES string of the molecule is CC(C)(C)NCC(O)CC1CCCC1. The molecule has 1 fully saturated rings. The van der Waals surface area contributed by atoms with Crippen molar-refractivity contribution in [3.63, 3.8) is 0 Å². The van der Waals surface area contributed by atoms with E-state index < -0.39 is 0 Å². The molecule has 0 radical (unpaired) electrons. The van der Waals surface area contributed by atoms with Crippen molar-refractivity contribution in [3.05, 3.63) is 0 Å². The van der Waals surface area contributed by atoms with E-state index in [0.717, 1.165) is 18.9 Å². The Labute approximate surface area is 88.1 Å². The summed E-state index contributed by atoms with van der Waals surface area (Å²) in [5, 5.41) is 13.2. The summed E-state index contributed by atoms with van der Waals surface area (Å²) in [6.07, 6.45) is 6.22. The van der Waals surface area contributed by atoms with Gasteiger partial charge in [-0.25, -0.2) is 0 Å². The first-order valence-electron chi connectivity index (χ1n) is 5.90. The molecule has 0 saturated heterocycles. The van der Waals surface area contributed by atoms with E-state index in [9.17, 15) is 5.11 Å². The van der Waals surface area contributed by atoms with Gasteiger partial charge >= 0.3 is 0 Å². The average molecular weight is 199 g/mol. The molecule has 2 N–H and O–H groups in total. The van der Waals surface area contributed by atoms with Crippen LogP contribution < -0.4 is 5.32 Å². The standard InChI is InChI=1S/C12H25NO/c1-12(2,3)13-9-11(14)8-10-6-4-5-7-10/h10-11,13-14H,4-9H2,1-3H3. The lowest BCUT2D eigenvalue weighted by atomic mass is 9.99. The topological polar surface area (TPSA) is 32.3 Å². The summed E-state index contributed by atoms with van der Waals surface area (Å²) >= 11 is 0. The third kappa shape index (κ3) is 4.97. The molecule has 1 atom stereocenters. The van der Waals surface area contributed by atoms with Crippen LogP contribution in [0.25, 0.3) is 0 Å². The zero-order valence-corrected chi connectivity index (χ0v) is 9.84. The van der Waals surface area contributed by atoms with Crippen LogP contribution in [0.4, 0.5) is 0 Å². The second kappa shape index (κ2) is 5.13. The summed E-state index contributed by atoms with van der Waals surface area (Å²) in [6, 6.07) is 0. The van der Waals surface area contributed by atoms with Gasteiger partial charge < -0.3 is 10.4 Å². The van der Waals surface area contributed by atoms with E-state index in [-0.39, 0.29) is 11.6 Å². The van der Waals surface area contributed by atoms with E-state index in [1.54, 1.807) is 0 Å². The van der Waals surface area contributed by atoms with Gasteiger partial charge in [-0.15, -0.1) is 0 Å². The fourth-order valence-electron chi connectivity index (χ4n) is 2.14. The summed E-state index contributed by atoms with van der Waals surface area (Å²) in [4.78, 5) is 0. The number of β-amino-alcohol motifs (C(OH)–C–C–N with tert-alkyl or cyclic N) is 1. The molecule has 1 rings (SSSR count). The van der Waals surface area contributed by atoms with Crippen molar-refractivity contribution in [3.8, 4) is 0 Å². The molecule has 2 heteroatoms. The zero-order valence-electron chi connectivity index (χ0n) is 9.84. The normalized spacial score (nSPS) is 21.4. The number of aliphatic hydroxyl groups excluding tert-OH is 1. The van der Waals surface area contributed by atoms with Gasteiger partial charge in [-0.05, 0) is 33.1 Å². The maximum atomic E-state index is 9.81. The summed E-state index contributed by atoms with van der Waals surface area (Å²) in [5.41, 5.74) is 0.122. The fourth-order valence-corrected chi connectivity index (χ4v) is 2.14. The Morgan fingerprint density at radius 1 is 1.29 bits per heavy atom. The minimum Gasteiger partial charge on any atom is -0.392 e. The molecule has 0 bridgehead atoms. The molecule has 0 aromatic carbocycles. The largest absolute Gasteiger partial charge is 0.392 e. The highest BCUT2D eigenvalue weighted by atomic mass is 16.3. The number of hydrogen-bond donors (Lipinski definition) is 2. The Balaban J connectivity index is 2.12. The minimum atomic E-state index is -0.155. The van der Waals surface area contributed by atoms with E-state index in [2.05, 4.69) is 26.1 Å². The highest BCUT2D eigenvalue weighted by molar-refractivity contribution is 4.76. The third-order valence-electron chi connectivity index (χ3n) is 2.95. The fraction of sp³-hybridized carbons (Fsp3) is 1.00. The van der Waals surface area contributed by atoms with Gasteiger partial charge in [-0.1, -0.05) is 25.7 Å². The van der Waals surface area contributed by atoms with E-state index >= 15 is 0 Å². The number of hydrogen-bond acceptors (Lipinski definition) is 2. The van der Waals surface area contributed by atoms with Crippen molar-refractivity contribution in [2.75, 3.05) is 6.54 Å². The Bertz CT molecular complexity index is 156. The third-order valence-corrected chi connectivity index (χ3v) is 2.95. The maximum absolute atomic E-state index is 9.81. The Hall–Kier alpha value is -0.0800. The molecule has 1 aliphatic rings. The molecule has 0 aromatic heterocycles.